The molecule has 0 saturated carbocycles. The summed E-state index contributed by atoms with van der Waals surface area (Å²) in [6, 6.07) is 16.0. The predicted molar refractivity (Wildman–Crippen MR) is 131 cm³/mol. The van der Waals surface area contributed by atoms with Crippen molar-refractivity contribution in [3.05, 3.63) is 82.9 Å². The van der Waals surface area contributed by atoms with Crippen LogP contribution < -0.4 is 4.90 Å². The third kappa shape index (κ3) is 5.04. The van der Waals surface area contributed by atoms with Crippen LogP contribution in [0.4, 0.5) is 5.69 Å². The van der Waals surface area contributed by atoms with Gasteiger partial charge in [-0.15, -0.1) is 0 Å². The summed E-state index contributed by atoms with van der Waals surface area (Å²) in [5.74, 6) is 0.0895. The van der Waals surface area contributed by atoms with Crippen molar-refractivity contribution in [3.8, 4) is 6.07 Å². The molecule has 1 aliphatic heterocycles. The summed E-state index contributed by atoms with van der Waals surface area (Å²) in [6.07, 6.45) is 5.03. The van der Waals surface area contributed by atoms with Crippen LogP contribution in [0.15, 0.2) is 55.0 Å². The molecule has 7 heteroatoms. The van der Waals surface area contributed by atoms with E-state index in [1.54, 1.807) is 13.4 Å². The Morgan fingerprint density at radius 2 is 2.03 bits per heavy atom. The van der Waals surface area contributed by atoms with Crippen molar-refractivity contribution in [2.75, 3.05) is 31.7 Å². The molecule has 0 spiro atoms. The monoisotopic (exact) mass is 457 g/mol. The fourth-order valence-corrected chi connectivity index (χ4v) is 4.72. The lowest BCUT2D eigenvalue weighted by molar-refractivity contribution is -0.124. The molecule has 1 fully saturated rings. The number of ether oxygens (including phenoxy) is 1. The second-order valence-corrected chi connectivity index (χ2v) is 8.87. The number of H-pyrrole nitrogens is 1. The van der Waals surface area contributed by atoms with Crippen LogP contribution in [-0.4, -0.2) is 53.6 Å². The lowest BCUT2D eigenvalue weighted by atomic mass is 9.96. The number of imidazole rings is 1. The smallest absolute Gasteiger partial charge is 0.241 e. The molecule has 1 amide bonds. The number of rotatable bonds is 8. The maximum absolute atomic E-state index is 13.5. The Balaban J connectivity index is 1.66. The van der Waals surface area contributed by atoms with Gasteiger partial charge in [0.2, 0.25) is 5.91 Å². The van der Waals surface area contributed by atoms with E-state index in [2.05, 4.69) is 40.9 Å². The highest BCUT2D eigenvalue weighted by Crippen LogP contribution is 2.32. The average molecular weight is 458 g/mol. The lowest BCUT2D eigenvalue weighted by Crippen LogP contribution is -2.58. The Bertz CT molecular complexity index is 1150. The van der Waals surface area contributed by atoms with E-state index in [9.17, 15) is 4.79 Å². The first-order valence-electron chi connectivity index (χ1n) is 11.6. The quantitative estimate of drug-likeness (QED) is 0.554. The van der Waals surface area contributed by atoms with Crippen LogP contribution in [0.3, 0.4) is 0 Å². The number of piperazine rings is 1. The third-order valence-electron chi connectivity index (χ3n) is 6.79. The van der Waals surface area contributed by atoms with E-state index in [0.717, 1.165) is 28.9 Å². The third-order valence-corrected chi connectivity index (χ3v) is 6.79. The molecule has 2 heterocycles. The molecule has 176 valence electrons. The molecule has 1 aromatic heterocycles. The fraction of sp³-hybridized carbons (Fsp3) is 0.370. The standard InChI is InChI=1S/C27H31N5O2/c1-19-5-4-6-25(20(19)2)32-16-23(11-12-34-3)31(17-27(32)33)26(24-15-29-18-30-24)13-21-7-9-22(14-28)10-8-21/h4-10,15,18,23,26H,11-13,16-17H2,1-3H3,(H,29,30)/t23-,26?/m0/s1. The van der Waals surface area contributed by atoms with Crippen molar-refractivity contribution in [1.29, 1.82) is 5.26 Å². The van der Waals surface area contributed by atoms with Gasteiger partial charge in [0.05, 0.1) is 36.2 Å². The van der Waals surface area contributed by atoms with Gasteiger partial charge in [-0.3, -0.25) is 9.69 Å². The second-order valence-electron chi connectivity index (χ2n) is 8.87. The zero-order chi connectivity index (χ0) is 24.1. The van der Waals surface area contributed by atoms with Crippen LogP contribution in [0.2, 0.25) is 0 Å². The van der Waals surface area contributed by atoms with E-state index in [-0.39, 0.29) is 18.0 Å². The Morgan fingerprint density at radius 3 is 2.71 bits per heavy atom. The molecular weight excluding hydrogens is 426 g/mol. The Kier molecular flexibility index (Phi) is 7.41. The summed E-state index contributed by atoms with van der Waals surface area (Å²) >= 11 is 0. The maximum Gasteiger partial charge on any atom is 0.241 e. The number of aromatic amines is 1. The summed E-state index contributed by atoms with van der Waals surface area (Å²) in [6.45, 7) is 5.68. The van der Waals surface area contributed by atoms with Crippen molar-refractivity contribution < 1.29 is 9.53 Å². The zero-order valence-electron chi connectivity index (χ0n) is 20.0. The fourth-order valence-electron chi connectivity index (χ4n) is 4.72. The van der Waals surface area contributed by atoms with Gasteiger partial charge in [0.1, 0.15) is 0 Å². The molecule has 2 aromatic carbocycles. The number of nitriles is 1. The molecule has 1 N–H and O–H groups in total. The van der Waals surface area contributed by atoms with E-state index in [1.807, 2.05) is 47.5 Å². The molecule has 0 radical (unpaired) electrons. The van der Waals surface area contributed by atoms with Gasteiger partial charge in [-0.25, -0.2) is 4.98 Å². The summed E-state index contributed by atoms with van der Waals surface area (Å²) < 4.78 is 5.44. The number of nitrogens with one attached hydrogen (secondary N) is 1. The first-order chi connectivity index (χ1) is 16.5. The van der Waals surface area contributed by atoms with Crippen molar-refractivity contribution in [3.63, 3.8) is 0 Å². The highest BCUT2D eigenvalue weighted by Gasteiger charge is 2.38. The van der Waals surface area contributed by atoms with Crippen LogP contribution in [0.1, 0.15) is 40.4 Å². The Hall–Kier alpha value is -3.47. The van der Waals surface area contributed by atoms with Crippen LogP contribution in [0, 0.1) is 25.2 Å². The second kappa shape index (κ2) is 10.6. The Labute approximate surface area is 201 Å². The van der Waals surface area contributed by atoms with Crippen molar-refractivity contribution in [1.82, 2.24) is 14.9 Å². The average Bonchev–Trinajstić information content (AvgIpc) is 3.39. The maximum atomic E-state index is 13.5. The highest BCUT2D eigenvalue weighted by atomic mass is 16.5. The topological polar surface area (TPSA) is 85.2 Å². The van der Waals surface area contributed by atoms with E-state index in [0.29, 0.717) is 31.7 Å². The van der Waals surface area contributed by atoms with Gasteiger partial charge in [-0.05, 0) is 61.6 Å². The molecule has 4 rings (SSSR count). The number of benzene rings is 2. The van der Waals surface area contributed by atoms with E-state index in [4.69, 9.17) is 10.00 Å². The van der Waals surface area contributed by atoms with Crippen molar-refractivity contribution in [2.45, 2.75) is 38.8 Å². The van der Waals surface area contributed by atoms with Gasteiger partial charge in [-0.2, -0.15) is 5.26 Å². The number of methoxy groups -OCH3 is 1. The number of aryl methyl sites for hydroxylation is 1. The van der Waals surface area contributed by atoms with Gasteiger partial charge in [-0.1, -0.05) is 24.3 Å². The number of carbonyl (C=O) groups is 1. The van der Waals surface area contributed by atoms with Gasteiger partial charge < -0.3 is 14.6 Å². The minimum absolute atomic E-state index is 0.0537. The van der Waals surface area contributed by atoms with Gasteiger partial charge in [0, 0.05) is 38.2 Å². The van der Waals surface area contributed by atoms with Gasteiger partial charge >= 0.3 is 0 Å². The van der Waals surface area contributed by atoms with Crippen LogP contribution >= 0.6 is 0 Å². The predicted octanol–water partition coefficient (Wildman–Crippen LogP) is 3.94. The number of aromatic nitrogens is 2. The molecule has 2 atom stereocenters. The number of hydrogen-bond acceptors (Lipinski definition) is 5. The van der Waals surface area contributed by atoms with E-state index in [1.165, 1.54) is 5.56 Å². The number of hydrogen-bond donors (Lipinski definition) is 1. The molecular formula is C27H31N5O2. The largest absolute Gasteiger partial charge is 0.385 e. The molecule has 34 heavy (non-hydrogen) atoms. The lowest BCUT2D eigenvalue weighted by Gasteiger charge is -2.45. The minimum Gasteiger partial charge on any atom is -0.385 e. The normalized spacial score (nSPS) is 17.5. The Morgan fingerprint density at radius 1 is 1.24 bits per heavy atom. The molecule has 0 bridgehead atoms. The minimum atomic E-state index is -0.0537. The van der Waals surface area contributed by atoms with Crippen molar-refractivity contribution >= 4 is 11.6 Å². The molecule has 1 aliphatic rings. The van der Waals surface area contributed by atoms with Gasteiger partial charge in [0.25, 0.3) is 0 Å². The van der Waals surface area contributed by atoms with Crippen LogP contribution in [-0.2, 0) is 16.0 Å². The summed E-state index contributed by atoms with van der Waals surface area (Å²) in [5, 5.41) is 9.14. The van der Waals surface area contributed by atoms with E-state index < -0.39 is 0 Å². The number of nitrogens with zero attached hydrogens (tertiary/aromatic N) is 4. The number of anilines is 1. The first kappa shape index (κ1) is 23.7. The number of amides is 1. The summed E-state index contributed by atoms with van der Waals surface area (Å²) in [5.41, 5.74) is 6.01. The van der Waals surface area contributed by atoms with Crippen molar-refractivity contribution in [2.24, 2.45) is 0 Å². The van der Waals surface area contributed by atoms with Crippen LogP contribution in [0.25, 0.3) is 0 Å². The molecule has 1 saturated heterocycles. The number of carbonyl (C=O) groups excluding carboxylic acids is 1. The summed E-state index contributed by atoms with van der Waals surface area (Å²) in [4.78, 5) is 25.2. The molecule has 1 unspecified atom stereocenters. The van der Waals surface area contributed by atoms with Gasteiger partial charge in [0.15, 0.2) is 0 Å². The molecule has 0 aliphatic carbocycles. The summed E-state index contributed by atoms with van der Waals surface area (Å²) in [7, 11) is 1.71. The zero-order valence-corrected chi connectivity index (χ0v) is 20.0. The van der Waals surface area contributed by atoms with E-state index >= 15 is 0 Å². The SMILES string of the molecule is COCC[C@H]1CN(c2cccc(C)c2C)C(=O)CN1C(Cc1ccc(C#N)cc1)c1cnc[nH]1. The first-order valence-corrected chi connectivity index (χ1v) is 11.6. The van der Waals surface area contributed by atoms with Crippen LogP contribution in [0.5, 0.6) is 0 Å². The molecule has 3 aromatic rings. The highest BCUT2D eigenvalue weighted by molar-refractivity contribution is 5.96. The molecule has 7 nitrogen and oxygen atoms in total.